The van der Waals surface area contributed by atoms with Gasteiger partial charge in [0.25, 0.3) is 5.91 Å². The average molecular weight is 397 g/mol. The molecule has 0 N–H and O–H groups in total. The molecule has 1 amide bonds. The third-order valence-electron chi connectivity index (χ3n) is 3.63. The largest absolute Gasteiger partial charge is 0.472 e. The number of rotatable bonds is 3. The summed E-state index contributed by atoms with van der Waals surface area (Å²) in [6.07, 6.45) is 2.36. The third-order valence-corrected chi connectivity index (χ3v) is 4.45. The van der Waals surface area contributed by atoms with E-state index >= 15 is 0 Å². The van der Waals surface area contributed by atoms with Crippen LogP contribution in [0.3, 0.4) is 0 Å². The van der Waals surface area contributed by atoms with Crippen LogP contribution in [-0.2, 0) is 0 Å². The lowest BCUT2D eigenvalue weighted by Crippen LogP contribution is -2.31. The molecular formula is C16H15BrClN3O2. The van der Waals surface area contributed by atoms with E-state index in [1.165, 1.54) is 0 Å². The maximum Gasteiger partial charge on any atom is 0.255 e. The van der Waals surface area contributed by atoms with Crippen LogP contribution in [0.1, 0.15) is 22.6 Å². The summed E-state index contributed by atoms with van der Waals surface area (Å²) in [4.78, 5) is 22.6. The van der Waals surface area contributed by atoms with E-state index in [1.807, 2.05) is 13.0 Å². The van der Waals surface area contributed by atoms with Crippen molar-refractivity contribution in [2.75, 3.05) is 13.1 Å². The SMILES string of the molecule is Cc1nccc(O[C@@H]2CCN(C(=O)c3cc(Br)ccc3Cl)C2)n1. The lowest BCUT2D eigenvalue weighted by Gasteiger charge is -2.18. The number of ether oxygens (including phenoxy) is 1. The van der Waals surface area contributed by atoms with Crippen molar-refractivity contribution in [2.45, 2.75) is 19.4 Å². The Labute approximate surface area is 147 Å². The van der Waals surface area contributed by atoms with Crippen LogP contribution in [0.2, 0.25) is 5.02 Å². The zero-order chi connectivity index (χ0) is 16.4. The van der Waals surface area contributed by atoms with E-state index in [0.29, 0.717) is 35.4 Å². The highest BCUT2D eigenvalue weighted by Crippen LogP contribution is 2.25. The van der Waals surface area contributed by atoms with Crippen molar-refractivity contribution in [2.24, 2.45) is 0 Å². The normalized spacial score (nSPS) is 17.3. The van der Waals surface area contributed by atoms with Gasteiger partial charge in [-0.1, -0.05) is 27.5 Å². The van der Waals surface area contributed by atoms with Crippen molar-refractivity contribution in [3.05, 3.63) is 51.3 Å². The second-order valence-corrected chi connectivity index (χ2v) is 6.67. The molecule has 7 heteroatoms. The predicted octanol–water partition coefficient (Wildman–Crippen LogP) is 3.49. The molecule has 120 valence electrons. The highest BCUT2D eigenvalue weighted by molar-refractivity contribution is 9.10. The Balaban J connectivity index is 1.67. The third kappa shape index (κ3) is 3.82. The zero-order valence-corrected chi connectivity index (χ0v) is 14.8. The number of nitrogens with zero attached hydrogens (tertiary/aromatic N) is 3. The van der Waals surface area contributed by atoms with E-state index in [0.717, 1.165) is 10.9 Å². The highest BCUT2D eigenvalue weighted by atomic mass is 79.9. The Morgan fingerprint density at radius 3 is 3.04 bits per heavy atom. The number of aryl methyl sites for hydroxylation is 1. The molecule has 0 spiro atoms. The molecule has 0 unspecified atom stereocenters. The fourth-order valence-corrected chi connectivity index (χ4v) is 3.07. The number of amides is 1. The fraction of sp³-hybridized carbons (Fsp3) is 0.312. The number of carbonyl (C=O) groups is 1. The van der Waals surface area contributed by atoms with Gasteiger partial charge in [-0.25, -0.2) is 4.98 Å². The van der Waals surface area contributed by atoms with Gasteiger partial charge in [-0.2, -0.15) is 4.98 Å². The molecule has 0 saturated carbocycles. The number of benzene rings is 1. The van der Waals surface area contributed by atoms with E-state index in [-0.39, 0.29) is 12.0 Å². The van der Waals surface area contributed by atoms with Crippen molar-refractivity contribution in [3.8, 4) is 5.88 Å². The quantitative estimate of drug-likeness (QED) is 0.797. The molecule has 1 fully saturated rings. The van der Waals surface area contributed by atoms with Crippen LogP contribution in [0.15, 0.2) is 34.9 Å². The molecule has 1 aliphatic heterocycles. The Morgan fingerprint density at radius 2 is 2.26 bits per heavy atom. The number of hydrogen-bond donors (Lipinski definition) is 0. The van der Waals surface area contributed by atoms with Crippen molar-refractivity contribution >= 4 is 33.4 Å². The first-order valence-corrected chi connectivity index (χ1v) is 8.40. The highest BCUT2D eigenvalue weighted by Gasteiger charge is 2.29. The lowest BCUT2D eigenvalue weighted by atomic mass is 10.2. The summed E-state index contributed by atoms with van der Waals surface area (Å²) in [7, 11) is 0. The summed E-state index contributed by atoms with van der Waals surface area (Å²) in [5.74, 6) is 1.12. The van der Waals surface area contributed by atoms with Gasteiger partial charge in [-0.05, 0) is 25.1 Å². The van der Waals surface area contributed by atoms with Gasteiger partial charge in [0.2, 0.25) is 5.88 Å². The minimum atomic E-state index is -0.0822. The maximum atomic E-state index is 12.6. The minimum absolute atomic E-state index is 0.0702. The predicted molar refractivity (Wildman–Crippen MR) is 90.9 cm³/mol. The molecule has 5 nitrogen and oxygen atoms in total. The molecule has 3 rings (SSSR count). The van der Waals surface area contributed by atoms with Crippen LogP contribution < -0.4 is 4.74 Å². The van der Waals surface area contributed by atoms with Gasteiger partial charge in [0.05, 0.1) is 17.1 Å². The molecule has 23 heavy (non-hydrogen) atoms. The van der Waals surface area contributed by atoms with Crippen molar-refractivity contribution in [1.29, 1.82) is 0 Å². The molecule has 0 bridgehead atoms. The monoisotopic (exact) mass is 395 g/mol. The van der Waals surface area contributed by atoms with Crippen LogP contribution in [-0.4, -0.2) is 40.0 Å². The van der Waals surface area contributed by atoms with Gasteiger partial charge in [0, 0.05) is 29.7 Å². The van der Waals surface area contributed by atoms with Gasteiger partial charge < -0.3 is 9.64 Å². The first kappa shape index (κ1) is 16.2. The second-order valence-electron chi connectivity index (χ2n) is 5.35. The first-order valence-electron chi connectivity index (χ1n) is 7.23. The van der Waals surface area contributed by atoms with E-state index in [2.05, 4.69) is 25.9 Å². The molecule has 1 atom stereocenters. The van der Waals surface area contributed by atoms with Gasteiger partial charge >= 0.3 is 0 Å². The van der Waals surface area contributed by atoms with E-state index in [9.17, 15) is 4.79 Å². The van der Waals surface area contributed by atoms with Crippen molar-refractivity contribution in [3.63, 3.8) is 0 Å². The number of carbonyl (C=O) groups excluding carboxylic acids is 1. The first-order chi connectivity index (χ1) is 11.0. The fourth-order valence-electron chi connectivity index (χ4n) is 2.51. The van der Waals surface area contributed by atoms with E-state index in [1.54, 1.807) is 29.3 Å². The van der Waals surface area contributed by atoms with Crippen LogP contribution in [0, 0.1) is 6.92 Å². The van der Waals surface area contributed by atoms with Crippen molar-refractivity contribution < 1.29 is 9.53 Å². The van der Waals surface area contributed by atoms with Crippen LogP contribution >= 0.6 is 27.5 Å². The molecular weight excluding hydrogens is 382 g/mol. The number of aromatic nitrogens is 2. The molecule has 1 aromatic heterocycles. The van der Waals surface area contributed by atoms with Crippen LogP contribution in [0.5, 0.6) is 5.88 Å². The topological polar surface area (TPSA) is 55.3 Å². The van der Waals surface area contributed by atoms with Crippen LogP contribution in [0.25, 0.3) is 0 Å². The van der Waals surface area contributed by atoms with Crippen molar-refractivity contribution in [1.82, 2.24) is 14.9 Å². The summed E-state index contributed by atoms with van der Waals surface area (Å²) in [6.45, 7) is 2.97. The van der Waals surface area contributed by atoms with E-state index < -0.39 is 0 Å². The summed E-state index contributed by atoms with van der Waals surface area (Å²) >= 11 is 9.50. The van der Waals surface area contributed by atoms with E-state index in [4.69, 9.17) is 16.3 Å². The standard InChI is InChI=1S/C16H15BrClN3O2/c1-10-19-6-4-15(20-10)23-12-5-7-21(9-12)16(22)13-8-11(17)2-3-14(13)18/h2-4,6,8,12H,5,7,9H2,1H3/t12-/m1/s1. The molecule has 2 heterocycles. The second kappa shape index (κ2) is 6.84. The average Bonchev–Trinajstić information content (AvgIpc) is 2.97. The van der Waals surface area contributed by atoms with Gasteiger partial charge in [0.15, 0.2) is 0 Å². The Bertz CT molecular complexity index is 741. The smallest absolute Gasteiger partial charge is 0.255 e. The van der Waals surface area contributed by atoms with Crippen LogP contribution in [0.4, 0.5) is 0 Å². The summed E-state index contributed by atoms with van der Waals surface area (Å²) in [5.41, 5.74) is 0.500. The molecule has 0 radical (unpaired) electrons. The summed E-state index contributed by atoms with van der Waals surface area (Å²) in [6, 6.07) is 6.99. The minimum Gasteiger partial charge on any atom is -0.472 e. The number of likely N-dealkylation sites (tertiary alicyclic amines) is 1. The molecule has 2 aromatic rings. The Morgan fingerprint density at radius 1 is 1.43 bits per heavy atom. The molecule has 1 saturated heterocycles. The summed E-state index contributed by atoms with van der Waals surface area (Å²) in [5, 5.41) is 0.453. The maximum absolute atomic E-state index is 12.6. The number of hydrogen-bond acceptors (Lipinski definition) is 4. The Hall–Kier alpha value is -1.66. The lowest BCUT2D eigenvalue weighted by molar-refractivity contribution is 0.0771. The molecule has 1 aromatic carbocycles. The van der Waals surface area contributed by atoms with Gasteiger partial charge in [-0.15, -0.1) is 0 Å². The number of halogens is 2. The van der Waals surface area contributed by atoms with Gasteiger partial charge in [-0.3, -0.25) is 4.79 Å². The Kier molecular flexibility index (Phi) is 4.82. The zero-order valence-electron chi connectivity index (χ0n) is 12.5. The summed E-state index contributed by atoms with van der Waals surface area (Å²) < 4.78 is 6.67. The molecule has 1 aliphatic rings. The molecule has 0 aliphatic carbocycles. The van der Waals surface area contributed by atoms with Gasteiger partial charge in [0.1, 0.15) is 11.9 Å².